The minimum atomic E-state index is -4.30. The van der Waals surface area contributed by atoms with E-state index in [2.05, 4.69) is 5.32 Å². The van der Waals surface area contributed by atoms with Gasteiger partial charge in [-0.3, -0.25) is 9.69 Å². The van der Waals surface area contributed by atoms with Crippen LogP contribution in [0.1, 0.15) is 23.7 Å². The summed E-state index contributed by atoms with van der Waals surface area (Å²) >= 11 is 1.12. The van der Waals surface area contributed by atoms with Crippen molar-refractivity contribution in [1.82, 2.24) is 4.90 Å². The van der Waals surface area contributed by atoms with Crippen LogP contribution in [0.2, 0.25) is 0 Å². The Morgan fingerprint density at radius 2 is 1.84 bits per heavy atom. The smallest absolute Gasteiger partial charge is 0.390 e. The highest BCUT2D eigenvalue weighted by Crippen LogP contribution is 2.39. The van der Waals surface area contributed by atoms with Crippen molar-refractivity contribution in [3.63, 3.8) is 0 Å². The van der Waals surface area contributed by atoms with Crippen LogP contribution in [0.3, 0.4) is 0 Å². The first-order chi connectivity index (χ1) is 15.1. The maximum Gasteiger partial charge on any atom is 0.390 e. The van der Waals surface area contributed by atoms with Gasteiger partial charge in [0.05, 0.1) is 33.8 Å². The minimum Gasteiger partial charge on any atom is -0.493 e. The highest BCUT2D eigenvalue weighted by molar-refractivity contribution is 7.15. The number of carbonyl (C=O) groups excluding carboxylic acids is 2. The molecule has 32 heavy (non-hydrogen) atoms. The quantitative estimate of drug-likeness (QED) is 0.514. The van der Waals surface area contributed by atoms with Gasteiger partial charge >= 0.3 is 12.1 Å². The monoisotopic (exact) mass is 474 g/mol. The molecule has 1 heterocycles. The summed E-state index contributed by atoms with van der Waals surface area (Å²) < 4.78 is 52.9. The first-order valence-corrected chi connectivity index (χ1v) is 10.5. The number of hydrogen-bond donors (Lipinski definition) is 1. The van der Waals surface area contributed by atoms with Gasteiger partial charge in [-0.15, -0.1) is 11.3 Å². The average Bonchev–Trinajstić information content (AvgIpc) is 3.14. The Hall–Kier alpha value is -2.79. The Balaban J connectivity index is 2.28. The van der Waals surface area contributed by atoms with E-state index < -0.39 is 24.5 Å². The lowest BCUT2D eigenvalue weighted by atomic mass is 10.0. The number of nitrogens with one attached hydrogen (secondary N) is 1. The molecule has 0 atom stereocenters. The van der Waals surface area contributed by atoms with Crippen LogP contribution in [0.25, 0.3) is 11.1 Å². The fourth-order valence-electron chi connectivity index (χ4n) is 2.88. The number of nitrogens with zero attached hydrogens (tertiary/aromatic N) is 1. The van der Waals surface area contributed by atoms with Crippen molar-refractivity contribution in [3.8, 4) is 22.6 Å². The second-order valence-corrected chi connectivity index (χ2v) is 7.67. The Labute approximate surface area is 188 Å². The topological polar surface area (TPSA) is 77.1 Å². The van der Waals surface area contributed by atoms with Gasteiger partial charge in [0, 0.05) is 17.5 Å². The molecule has 1 N–H and O–H groups in total. The van der Waals surface area contributed by atoms with Gasteiger partial charge in [0.1, 0.15) is 10.6 Å². The maximum atomic E-state index is 12.7. The van der Waals surface area contributed by atoms with E-state index in [0.717, 1.165) is 11.3 Å². The number of alkyl halides is 3. The molecule has 1 amide bonds. The third-order valence-electron chi connectivity index (χ3n) is 4.41. The molecule has 0 saturated heterocycles. The SMILES string of the molecule is CCOC(=O)c1c(-c2ccc(OC)c(OC)c2)csc1NC(=O)CN(C)CCC(F)(F)F. The van der Waals surface area contributed by atoms with E-state index in [1.54, 1.807) is 30.5 Å². The lowest BCUT2D eigenvalue weighted by Crippen LogP contribution is -2.32. The summed E-state index contributed by atoms with van der Waals surface area (Å²) in [5, 5.41) is 4.56. The Morgan fingerprint density at radius 1 is 1.16 bits per heavy atom. The number of thiophene rings is 1. The first kappa shape index (κ1) is 25.5. The second kappa shape index (κ2) is 11.2. The number of hydrogen-bond acceptors (Lipinski definition) is 7. The van der Waals surface area contributed by atoms with Gasteiger partial charge in [0.2, 0.25) is 5.91 Å². The Morgan fingerprint density at radius 3 is 2.44 bits per heavy atom. The number of benzene rings is 1. The van der Waals surface area contributed by atoms with E-state index in [-0.39, 0.29) is 30.3 Å². The number of ether oxygens (including phenoxy) is 3. The fourth-order valence-corrected chi connectivity index (χ4v) is 3.85. The van der Waals surface area contributed by atoms with Crippen molar-refractivity contribution in [2.24, 2.45) is 0 Å². The molecular weight excluding hydrogens is 449 g/mol. The van der Waals surface area contributed by atoms with Crippen molar-refractivity contribution in [3.05, 3.63) is 29.1 Å². The number of esters is 1. The van der Waals surface area contributed by atoms with E-state index in [1.807, 2.05) is 0 Å². The standard InChI is InChI=1S/C21H25F3N2O5S/c1-5-31-20(28)18-14(13-6-7-15(29-3)16(10-13)30-4)12-32-19(18)25-17(27)11-26(2)9-8-21(22,23)24/h6-7,10,12H,5,8-9,11H2,1-4H3,(H,25,27). The molecule has 0 saturated carbocycles. The molecule has 2 rings (SSSR count). The molecule has 11 heteroatoms. The zero-order valence-corrected chi connectivity index (χ0v) is 19.0. The first-order valence-electron chi connectivity index (χ1n) is 9.65. The van der Waals surface area contributed by atoms with Crippen molar-refractivity contribution in [2.45, 2.75) is 19.5 Å². The number of rotatable bonds is 10. The fraction of sp³-hybridized carbons (Fsp3) is 0.429. The van der Waals surface area contributed by atoms with E-state index in [1.165, 1.54) is 26.2 Å². The van der Waals surface area contributed by atoms with Crippen LogP contribution in [-0.2, 0) is 9.53 Å². The molecule has 1 aromatic heterocycles. The van der Waals surface area contributed by atoms with Crippen molar-refractivity contribution < 1.29 is 37.0 Å². The molecule has 0 bridgehead atoms. The van der Waals surface area contributed by atoms with Crippen LogP contribution >= 0.6 is 11.3 Å². The van der Waals surface area contributed by atoms with Gasteiger partial charge in [0.15, 0.2) is 11.5 Å². The molecule has 0 spiro atoms. The number of halogens is 3. The minimum absolute atomic E-state index is 0.133. The van der Waals surface area contributed by atoms with Crippen LogP contribution in [0.5, 0.6) is 11.5 Å². The number of carbonyl (C=O) groups is 2. The summed E-state index contributed by atoms with van der Waals surface area (Å²) in [4.78, 5) is 26.3. The summed E-state index contributed by atoms with van der Waals surface area (Å²) in [6, 6.07) is 5.12. The molecule has 0 fully saturated rings. The summed E-state index contributed by atoms with van der Waals surface area (Å²) in [6.45, 7) is 1.22. The van der Waals surface area contributed by atoms with E-state index in [0.29, 0.717) is 22.6 Å². The second-order valence-electron chi connectivity index (χ2n) is 6.79. The van der Waals surface area contributed by atoms with Crippen LogP contribution in [0, 0.1) is 0 Å². The van der Waals surface area contributed by atoms with Gasteiger partial charge in [-0.2, -0.15) is 13.2 Å². The predicted molar refractivity (Wildman–Crippen MR) is 116 cm³/mol. The number of likely N-dealkylation sites (N-methyl/N-ethyl adjacent to an activating group) is 1. The number of methoxy groups -OCH3 is 2. The molecule has 0 aliphatic heterocycles. The highest BCUT2D eigenvalue weighted by Gasteiger charge is 2.28. The van der Waals surface area contributed by atoms with Crippen LogP contribution in [0.4, 0.5) is 18.2 Å². The van der Waals surface area contributed by atoms with Crippen molar-refractivity contribution in [1.29, 1.82) is 0 Å². The molecular formula is C21H25F3N2O5S. The Kier molecular flexibility index (Phi) is 8.90. The summed E-state index contributed by atoms with van der Waals surface area (Å²) in [6.07, 6.45) is -5.32. The number of amides is 1. The maximum absolute atomic E-state index is 12.7. The van der Waals surface area contributed by atoms with Crippen LogP contribution < -0.4 is 14.8 Å². The van der Waals surface area contributed by atoms with Crippen molar-refractivity contribution >= 4 is 28.2 Å². The number of anilines is 1. The summed E-state index contributed by atoms with van der Waals surface area (Å²) in [5.41, 5.74) is 1.33. The van der Waals surface area contributed by atoms with Crippen LogP contribution in [-0.4, -0.2) is 63.9 Å². The van der Waals surface area contributed by atoms with Gasteiger partial charge in [-0.05, 0) is 31.7 Å². The molecule has 0 radical (unpaired) electrons. The van der Waals surface area contributed by atoms with Crippen molar-refractivity contribution in [2.75, 3.05) is 46.3 Å². The zero-order valence-electron chi connectivity index (χ0n) is 18.2. The summed E-state index contributed by atoms with van der Waals surface area (Å²) in [5.74, 6) is -0.192. The van der Waals surface area contributed by atoms with Gasteiger partial charge in [0.25, 0.3) is 0 Å². The molecule has 0 aliphatic rings. The molecule has 0 unspecified atom stereocenters. The van der Waals surface area contributed by atoms with E-state index in [9.17, 15) is 22.8 Å². The molecule has 7 nitrogen and oxygen atoms in total. The lowest BCUT2D eigenvalue weighted by Gasteiger charge is -2.17. The van der Waals surface area contributed by atoms with E-state index in [4.69, 9.17) is 14.2 Å². The predicted octanol–water partition coefficient (Wildman–Crippen LogP) is 4.43. The third kappa shape index (κ3) is 6.86. The largest absolute Gasteiger partial charge is 0.493 e. The average molecular weight is 475 g/mol. The highest BCUT2D eigenvalue weighted by atomic mass is 32.1. The Bertz CT molecular complexity index is 946. The normalized spacial score (nSPS) is 11.4. The third-order valence-corrected chi connectivity index (χ3v) is 5.30. The van der Waals surface area contributed by atoms with Gasteiger partial charge < -0.3 is 19.5 Å². The molecule has 0 aliphatic carbocycles. The van der Waals surface area contributed by atoms with Gasteiger partial charge in [-0.25, -0.2) is 4.79 Å². The van der Waals surface area contributed by atoms with Crippen LogP contribution in [0.15, 0.2) is 23.6 Å². The summed E-state index contributed by atoms with van der Waals surface area (Å²) in [7, 11) is 4.41. The van der Waals surface area contributed by atoms with Gasteiger partial charge in [-0.1, -0.05) is 6.07 Å². The molecule has 2 aromatic rings. The molecule has 176 valence electrons. The zero-order chi connectivity index (χ0) is 23.9. The lowest BCUT2D eigenvalue weighted by molar-refractivity contribution is -0.138. The molecule has 1 aromatic carbocycles. The van der Waals surface area contributed by atoms with E-state index >= 15 is 0 Å².